The summed E-state index contributed by atoms with van der Waals surface area (Å²) in [6, 6.07) is 5.21. The number of fused-ring (bicyclic) bond motifs is 1. The Hall–Kier alpha value is -2.17. The maximum absolute atomic E-state index is 11.3. The lowest BCUT2D eigenvalue weighted by atomic mass is 10.2. The average molecular weight is 221 g/mol. The van der Waals surface area contributed by atoms with E-state index in [1.165, 1.54) is 14.2 Å². The molecule has 84 valence electrons. The number of aromatic hydroxyl groups is 1. The summed E-state index contributed by atoms with van der Waals surface area (Å²) in [7, 11) is 2.75. The van der Waals surface area contributed by atoms with Gasteiger partial charge in [-0.2, -0.15) is 0 Å². The lowest BCUT2D eigenvalue weighted by Gasteiger charge is -2.01. The molecule has 2 rings (SSSR count). The van der Waals surface area contributed by atoms with Crippen LogP contribution in [0.2, 0.25) is 0 Å². The highest BCUT2D eigenvalue weighted by molar-refractivity contribution is 6.03. The van der Waals surface area contributed by atoms with Crippen molar-refractivity contribution in [1.82, 2.24) is 4.98 Å². The quantitative estimate of drug-likeness (QED) is 0.756. The van der Waals surface area contributed by atoms with Gasteiger partial charge in [0.2, 0.25) is 0 Å². The van der Waals surface area contributed by atoms with E-state index in [2.05, 4.69) is 9.72 Å². The van der Waals surface area contributed by atoms with E-state index in [1.54, 1.807) is 18.2 Å². The molecule has 5 heteroatoms. The van der Waals surface area contributed by atoms with E-state index in [0.29, 0.717) is 16.7 Å². The molecule has 0 saturated carbocycles. The number of nitrogens with one attached hydrogen (secondary N) is 1. The highest BCUT2D eigenvalue weighted by atomic mass is 16.5. The van der Waals surface area contributed by atoms with Gasteiger partial charge in [0.1, 0.15) is 5.75 Å². The Morgan fingerprint density at radius 2 is 2.12 bits per heavy atom. The summed E-state index contributed by atoms with van der Waals surface area (Å²) in [6.07, 6.45) is 0. The van der Waals surface area contributed by atoms with Gasteiger partial charge < -0.3 is 19.6 Å². The number of carbonyl (C=O) groups is 1. The summed E-state index contributed by atoms with van der Waals surface area (Å²) in [4.78, 5) is 14.1. The van der Waals surface area contributed by atoms with E-state index in [9.17, 15) is 9.90 Å². The van der Waals surface area contributed by atoms with Gasteiger partial charge in [0, 0.05) is 0 Å². The molecule has 2 N–H and O–H groups in total. The van der Waals surface area contributed by atoms with Crippen molar-refractivity contribution in [3.8, 4) is 11.5 Å². The fourth-order valence-electron chi connectivity index (χ4n) is 1.62. The van der Waals surface area contributed by atoms with Crippen LogP contribution < -0.4 is 4.74 Å². The van der Waals surface area contributed by atoms with Gasteiger partial charge in [-0.1, -0.05) is 6.07 Å². The first-order valence-electron chi connectivity index (χ1n) is 4.65. The second-order valence-electron chi connectivity index (χ2n) is 3.22. The number of aromatic amines is 1. The van der Waals surface area contributed by atoms with Gasteiger partial charge in [0.05, 0.1) is 25.1 Å². The molecule has 0 unspecified atom stereocenters. The molecule has 0 bridgehead atoms. The molecule has 2 aromatic rings. The van der Waals surface area contributed by atoms with Gasteiger partial charge >= 0.3 is 5.97 Å². The first-order valence-corrected chi connectivity index (χ1v) is 4.65. The van der Waals surface area contributed by atoms with Crippen molar-refractivity contribution in [2.45, 2.75) is 0 Å². The Bertz CT molecular complexity index is 544. The smallest absolute Gasteiger partial charge is 0.358 e. The van der Waals surface area contributed by atoms with Crippen LogP contribution in [0.4, 0.5) is 0 Å². The Kier molecular flexibility index (Phi) is 2.44. The third-order valence-electron chi connectivity index (χ3n) is 2.37. The van der Waals surface area contributed by atoms with Crippen LogP contribution in [0.1, 0.15) is 10.5 Å². The Labute approximate surface area is 91.6 Å². The normalized spacial score (nSPS) is 10.4. The van der Waals surface area contributed by atoms with Crippen LogP contribution in [-0.4, -0.2) is 30.3 Å². The van der Waals surface area contributed by atoms with Crippen molar-refractivity contribution < 1.29 is 19.4 Å². The molecule has 0 atom stereocenters. The topological polar surface area (TPSA) is 71.6 Å². The molecule has 5 nitrogen and oxygen atoms in total. The Morgan fingerprint density at radius 1 is 1.38 bits per heavy atom. The molecular formula is C11H11NO4. The van der Waals surface area contributed by atoms with Crippen molar-refractivity contribution >= 4 is 16.9 Å². The molecule has 0 aliphatic carbocycles. The molecule has 0 fully saturated rings. The van der Waals surface area contributed by atoms with E-state index in [1.807, 2.05) is 0 Å². The number of rotatable bonds is 2. The first-order chi connectivity index (χ1) is 7.69. The van der Waals surface area contributed by atoms with E-state index >= 15 is 0 Å². The van der Waals surface area contributed by atoms with E-state index in [0.717, 1.165) is 0 Å². The molecule has 0 aliphatic heterocycles. The minimum atomic E-state index is -0.615. The lowest BCUT2D eigenvalue weighted by Crippen LogP contribution is -2.01. The molecule has 0 aliphatic rings. The van der Waals surface area contributed by atoms with E-state index < -0.39 is 5.97 Å². The number of methoxy groups -OCH3 is 2. The highest BCUT2D eigenvalue weighted by Crippen LogP contribution is 2.36. The SMILES string of the molecule is COC(=O)c1[nH]c2cccc(OC)c2c1O. The number of hydrogen-bond acceptors (Lipinski definition) is 4. The third kappa shape index (κ3) is 1.37. The van der Waals surface area contributed by atoms with Gasteiger partial charge in [0.15, 0.2) is 11.4 Å². The molecule has 0 radical (unpaired) electrons. The fraction of sp³-hybridized carbons (Fsp3) is 0.182. The van der Waals surface area contributed by atoms with Gasteiger partial charge in [-0.25, -0.2) is 4.79 Å². The predicted octanol–water partition coefficient (Wildman–Crippen LogP) is 1.67. The van der Waals surface area contributed by atoms with Crippen molar-refractivity contribution in [3.05, 3.63) is 23.9 Å². The molecule has 0 amide bonds. The second kappa shape index (κ2) is 3.77. The molecule has 0 spiro atoms. The summed E-state index contributed by atoms with van der Waals surface area (Å²) in [5.41, 5.74) is 0.652. The molecule has 16 heavy (non-hydrogen) atoms. The number of carbonyl (C=O) groups excluding carboxylic acids is 1. The minimum absolute atomic E-state index is 0.0296. The lowest BCUT2D eigenvalue weighted by molar-refractivity contribution is 0.0592. The number of hydrogen-bond donors (Lipinski definition) is 2. The van der Waals surface area contributed by atoms with Gasteiger partial charge in [0.25, 0.3) is 0 Å². The summed E-state index contributed by atoms with van der Waals surface area (Å²) < 4.78 is 9.65. The van der Waals surface area contributed by atoms with Crippen LogP contribution in [0, 0.1) is 0 Å². The highest BCUT2D eigenvalue weighted by Gasteiger charge is 2.19. The van der Waals surface area contributed by atoms with Crippen LogP contribution in [-0.2, 0) is 4.74 Å². The maximum Gasteiger partial charge on any atom is 0.358 e. The number of esters is 1. The van der Waals surface area contributed by atoms with E-state index in [4.69, 9.17) is 4.74 Å². The van der Waals surface area contributed by atoms with Crippen molar-refractivity contribution in [3.63, 3.8) is 0 Å². The molecular weight excluding hydrogens is 210 g/mol. The summed E-state index contributed by atoms with van der Waals surface area (Å²) in [6.45, 7) is 0. The zero-order chi connectivity index (χ0) is 11.7. The molecule has 1 aromatic heterocycles. The summed E-state index contributed by atoms with van der Waals surface area (Å²) in [5, 5.41) is 10.4. The van der Waals surface area contributed by atoms with Gasteiger partial charge in [-0.3, -0.25) is 0 Å². The monoisotopic (exact) mass is 221 g/mol. The number of H-pyrrole nitrogens is 1. The molecule has 1 heterocycles. The maximum atomic E-state index is 11.3. The Balaban J connectivity index is 2.73. The van der Waals surface area contributed by atoms with Crippen LogP contribution in [0.5, 0.6) is 11.5 Å². The van der Waals surface area contributed by atoms with Gasteiger partial charge in [-0.15, -0.1) is 0 Å². The van der Waals surface area contributed by atoms with Crippen LogP contribution in [0.15, 0.2) is 18.2 Å². The minimum Gasteiger partial charge on any atom is -0.505 e. The zero-order valence-corrected chi connectivity index (χ0v) is 8.90. The summed E-state index contributed by atoms with van der Waals surface area (Å²) in [5.74, 6) is -0.267. The van der Waals surface area contributed by atoms with Crippen molar-refractivity contribution in [1.29, 1.82) is 0 Å². The van der Waals surface area contributed by atoms with Crippen molar-refractivity contribution in [2.75, 3.05) is 14.2 Å². The largest absolute Gasteiger partial charge is 0.505 e. The number of ether oxygens (including phenoxy) is 2. The second-order valence-corrected chi connectivity index (χ2v) is 3.22. The molecule has 1 aromatic carbocycles. The van der Waals surface area contributed by atoms with Gasteiger partial charge in [-0.05, 0) is 12.1 Å². The fourth-order valence-corrected chi connectivity index (χ4v) is 1.62. The standard InChI is InChI=1S/C11H11NO4/c1-15-7-5-3-4-6-8(7)10(13)9(12-6)11(14)16-2/h3-5,12-13H,1-2H3. The first kappa shape index (κ1) is 10.4. The zero-order valence-electron chi connectivity index (χ0n) is 8.90. The number of benzene rings is 1. The summed E-state index contributed by atoms with van der Waals surface area (Å²) >= 11 is 0. The van der Waals surface area contributed by atoms with Crippen LogP contribution in [0.3, 0.4) is 0 Å². The van der Waals surface area contributed by atoms with E-state index in [-0.39, 0.29) is 11.4 Å². The Morgan fingerprint density at radius 3 is 2.75 bits per heavy atom. The van der Waals surface area contributed by atoms with Crippen LogP contribution in [0.25, 0.3) is 10.9 Å². The van der Waals surface area contributed by atoms with Crippen LogP contribution >= 0.6 is 0 Å². The average Bonchev–Trinajstić information content (AvgIpc) is 2.66. The predicted molar refractivity (Wildman–Crippen MR) is 57.9 cm³/mol. The number of aromatic nitrogens is 1. The molecule has 0 saturated heterocycles. The third-order valence-corrected chi connectivity index (χ3v) is 2.37. The van der Waals surface area contributed by atoms with Crippen molar-refractivity contribution in [2.24, 2.45) is 0 Å².